The van der Waals surface area contributed by atoms with Gasteiger partial charge in [0.05, 0.1) is 29.2 Å². The van der Waals surface area contributed by atoms with Gasteiger partial charge in [-0.1, -0.05) is 28.9 Å². The molecule has 0 radical (unpaired) electrons. The molecule has 0 aromatic rings. The van der Waals surface area contributed by atoms with Gasteiger partial charge in [-0.25, -0.2) is 0 Å². The van der Waals surface area contributed by atoms with Crippen LogP contribution in [0.2, 0.25) is 0 Å². The molecule has 3 unspecified atom stereocenters. The summed E-state index contributed by atoms with van der Waals surface area (Å²) in [6, 6.07) is -1.41. The number of carbonyl (C=O) groups is 3. The molecule has 0 saturated carbocycles. The van der Waals surface area contributed by atoms with Gasteiger partial charge in [0.25, 0.3) is 0 Å². The van der Waals surface area contributed by atoms with E-state index < -0.39 is 34.6 Å². The van der Waals surface area contributed by atoms with Crippen molar-refractivity contribution >= 4 is 45.5 Å². The molecule has 3 fully saturated rings. The Morgan fingerprint density at radius 2 is 2.14 bits per heavy atom. The van der Waals surface area contributed by atoms with Crippen molar-refractivity contribution in [2.24, 2.45) is 11.8 Å². The number of carboxylic acid groups (broad SMARTS) is 1. The molecular weight excluding hydrogens is 460 g/mol. The van der Waals surface area contributed by atoms with Crippen molar-refractivity contribution in [2.45, 2.75) is 66.6 Å². The maximum Gasteiger partial charge on any atom is 0.308 e. The number of aliphatic hydroxyl groups excluding tert-OH is 1. The Morgan fingerprint density at radius 3 is 2.62 bits per heavy atom. The van der Waals surface area contributed by atoms with E-state index in [-0.39, 0.29) is 34.5 Å². The second-order valence-electron chi connectivity index (χ2n) is 8.36. The lowest BCUT2D eigenvalue weighted by Crippen LogP contribution is -2.58. The zero-order valence-corrected chi connectivity index (χ0v) is 19.4. The average molecular weight is 489 g/mol. The third-order valence-corrected chi connectivity index (χ3v) is 9.77. The molecule has 2 N–H and O–H groups in total. The van der Waals surface area contributed by atoms with Crippen LogP contribution < -0.4 is 0 Å². The molecule has 2 amide bonds. The van der Waals surface area contributed by atoms with E-state index in [4.69, 9.17) is 0 Å². The maximum absolute atomic E-state index is 13.8. The number of nitrogens with zero attached hydrogens (tertiary/aromatic N) is 2. The van der Waals surface area contributed by atoms with E-state index in [9.17, 15) is 24.6 Å². The first-order valence-corrected chi connectivity index (χ1v) is 11.8. The molecule has 2 bridgehead atoms. The van der Waals surface area contributed by atoms with Crippen molar-refractivity contribution in [1.29, 1.82) is 0 Å². The van der Waals surface area contributed by atoms with Crippen LogP contribution in [0.5, 0.6) is 0 Å². The highest BCUT2D eigenvalue weighted by Gasteiger charge is 2.76. The minimum absolute atomic E-state index is 0.0750. The Labute approximate surface area is 184 Å². The third-order valence-electron chi connectivity index (χ3n) is 6.55. The van der Waals surface area contributed by atoms with Gasteiger partial charge in [0.15, 0.2) is 0 Å². The SMILES string of the molecule is C=CCN(C(=O)C1N([C@@H](CC)CO)C(=O)[C@@H]2[C@@H](C(=O)O)[C@@H]3SC12CC3Br)C(C)C. The normalized spacial score (nSPS) is 36.4. The van der Waals surface area contributed by atoms with E-state index in [0.29, 0.717) is 19.4 Å². The fourth-order valence-electron chi connectivity index (χ4n) is 5.29. The molecule has 1 spiro atoms. The van der Waals surface area contributed by atoms with E-state index in [1.165, 1.54) is 16.7 Å². The van der Waals surface area contributed by atoms with Gasteiger partial charge in [0.2, 0.25) is 11.8 Å². The van der Waals surface area contributed by atoms with Gasteiger partial charge in [-0.05, 0) is 26.7 Å². The highest BCUT2D eigenvalue weighted by atomic mass is 79.9. The van der Waals surface area contributed by atoms with Gasteiger partial charge < -0.3 is 20.0 Å². The summed E-state index contributed by atoms with van der Waals surface area (Å²) in [6.45, 7) is 9.51. The maximum atomic E-state index is 13.8. The number of thioether (sulfide) groups is 1. The Bertz CT molecular complexity index is 715. The number of aliphatic hydroxyl groups is 1. The van der Waals surface area contributed by atoms with E-state index >= 15 is 0 Å². The molecule has 7 atom stereocenters. The van der Waals surface area contributed by atoms with Crippen molar-refractivity contribution in [1.82, 2.24) is 9.80 Å². The molecule has 0 aliphatic carbocycles. The molecular formula is C20H29BrN2O5S. The van der Waals surface area contributed by atoms with Gasteiger partial charge in [-0.3, -0.25) is 14.4 Å². The molecule has 3 heterocycles. The quantitative estimate of drug-likeness (QED) is 0.398. The number of aliphatic carboxylic acids is 1. The Hall–Kier alpha value is -1.06. The van der Waals surface area contributed by atoms with E-state index in [0.717, 1.165) is 0 Å². The van der Waals surface area contributed by atoms with Crippen LogP contribution in [0.25, 0.3) is 0 Å². The van der Waals surface area contributed by atoms with E-state index in [1.807, 2.05) is 20.8 Å². The minimum atomic E-state index is -0.997. The Morgan fingerprint density at radius 1 is 1.48 bits per heavy atom. The van der Waals surface area contributed by atoms with Crippen molar-refractivity contribution in [2.75, 3.05) is 13.2 Å². The number of likely N-dealkylation sites (tertiary alicyclic amines) is 1. The van der Waals surface area contributed by atoms with Crippen LogP contribution in [-0.2, 0) is 14.4 Å². The summed E-state index contributed by atoms with van der Waals surface area (Å²) in [4.78, 5) is 42.6. The van der Waals surface area contributed by atoms with Crippen molar-refractivity contribution in [3.05, 3.63) is 12.7 Å². The first-order valence-electron chi connectivity index (χ1n) is 10.0. The average Bonchev–Trinajstić information content (AvgIpc) is 3.24. The first-order chi connectivity index (χ1) is 13.7. The minimum Gasteiger partial charge on any atom is -0.481 e. The molecule has 3 aliphatic heterocycles. The fraction of sp³-hybridized carbons (Fsp3) is 0.750. The first kappa shape index (κ1) is 22.6. The lowest BCUT2D eigenvalue weighted by molar-refractivity contribution is -0.150. The number of carboxylic acids is 1. The van der Waals surface area contributed by atoms with Crippen LogP contribution in [0.4, 0.5) is 0 Å². The van der Waals surface area contributed by atoms with Gasteiger partial charge in [-0.2, -0.15) is 0 Å². The molecule has 9 heteroatoms. The van der Waals surface area contributed by atoms with Crippen LogP contribution >= 0.6 is 27.7 Å². The van der Waals surface area contributed by atoms with Gasteiger partial charge >= 0.3 is 5.97 Å². The smallest absolute Gasteiger partial charge is 0.308 e. The van der Waals surface area contributed by atoms with Crippen LogP contribution in [0.1, 0.15) is 33.6 Å². The second kappa shape index (κ2) is 8.23. The molecule has 3 rings (SSSR count). The number of hydrogen-bond donors (Lipinski definition) is 2. The fourth-order valence-corrected chi connectivity index (χ4v) is 8.87. The largest absolute Gasteiger partial charge is 0.481 e. The summed E-state index contributed by atoms with van der Waals surface area (Å²) < 4.78 is -0.799. The molecule has 0 aromatic heterocycles. The van der Waals surface area contributed by atoms with Crippen molar-refractivity contribution in [3.8, 4) is 0 Å². The zero-order chi connectivity index (χ0) is 21.7. The van der Waals surface area contributed by atoms with E-state index in [2.05, 4.69) is 22.5 Å². The number of amides is 2. The molecule has 29 heavy (non-hydrogen) atoms. The van der Waals surface area contributed by atoms with E-state index in [1.54, 1.807) is 11.0 Å². The standard InChI is InChI=1S/C20H29BrN2O5S/c1-5-7-22(10(3)4)18(26)16-20-8-12(21)15(29-20)13(19(27)28)14(20)17(25)23(16)11(6-2)9-24/h5,10-16,24H,1,6-9H2,2-4H3,(H,27,28)/t11-,12?,13+,14-,15+,16?,20?/m0/s1. The molecule has 0 aromatic carbocycles. The van der Waals surface area contributed by atoms with Gasteiger partial charge in [0, 0.05) is 22.7 Å². The van der Waals surface area contributed by atoms with Crippen molar-refractivity contribution < 1.29 is 24.6 Å². The van der Waals surface area contributed by atoms with Crippen LogP contribution in [-0.4, -0.2) is 83.9 Å². The zero-order valence-electron chi connectivity index (χ0n) is 17.0. The monoisotopic (exact) mass is 488 g/mol. The van der Waals surface area contributed by atoms with Crippen LogP contribution in [0.15, 0.2) is 12.7 Å². The van der Waals surface area contributed by atoms with Crippen molar-refractivity contribution in [3.63, 3.8) is 0 Å². The molecule has 3 aliphatic rings. The Balaban J connectivity index is 2.14. The predicted molar refractivity (Wildman–Crippen MR) is 115 cm³/mol. The van der Waals surface area contributed by atoms with Gasteiger partial charge in [0.1, 0.15) is 6.04 Å². The third kappa shape index (κ3) is 3.24. The topological polar surface area (TPSA) is 98.2 Å². The second-order valence-corrected chi connectivity index (χ2v) is 11.1. The number of halogens is 1. The summed E-state index contributed by atoms with van der Waals surface area (Å²) in [5, 5.41) is 19.6. The number of hydrogen-bond acceptors (Lipinski definition) is 5. The number of carbonyl (C=O) groups excluding carboxylic acids is 2. The van der Waals surface area contributed by atoms with Crippen LogP contribution in [0.3, 0.4) is 0 Å². The summed E-state index contributed by atoms with van der Waals surface area (Å²) in [6.07, 6.45) is 2.70. The summed E-state index contributed by atoms with van der Waals surface area (Å²) >= 11 is 5.09. The summed E-state index contributed by atoms with van der Waals surface area (Å²) in [5.41, 5.74) is 0. The highest BCUT2D eigenvalue weighted by molar-refractivity contribution is 9.09. The summed E-state index contributed by atoms with van der Waals surface area (Å²) in [7, 11) is 0. The lowest BCUT2D eigenvalue weighted by Gasteiger charge is -2.40. The summed E-state index contributed by atoms with van der Waals surface area (Å²) in [5.74, 6) is -3.09. The van der Waals surface area contributed by atoms with Gasteiger partial charge in [-0.15, -0.1) is 18.3 Å². The number of alkyl halides is 1. The number of fused-ring (bicyclic) bond motifs is 1. The highest BCUT2D eigenvalue weighted by Crippen LogP contribution is 2.68. The lowest BCUT2D eigenvalue weighted by atomic mass is 9.71. The molecule has 3 saturated heterocycles. The van der Waals surface area contributed by atoms with Crippen LogP contribution in [0, 0.1) is 11.8 Å². The molecule has 162 valence electrons. The number of rotatable bonds is 8. The predicted octanol–water partition coefficient (Wildman–Crippen LogP) is 1.73. The Kier molecular flexibility index (Phi) is 6.42. The molecule has 7 nitrogen and oxygen atoms in total.